The zero-order valence-electron chi connectivity index (χ0n) is 10.1. The molecule has 0 fully saturated rings. The fraction of sp³-hybridized carbons (Fsp3) is 0.308. The number of allylic oxidation sites excluding steroid dienone is 1. The summed E-state index contributed by atoms with van der Waals surface area (Å²) in [7, 11) is 1.95. The van der Waals surface area contributed by atoms with Crippen molar-refractivity contribution in [1.29, 1.82) is 0 Å². The van der Waals surface area contributed by atoms with Crippen molar-refractivity contribution in [3.05, 3.63) is 41.1 Å². The Morgan fingerprint density at radius 2 is 2.00 bits per heavy atom. The van der Waals surface area contributed by atoms with Crippen molar-refractivity contribution in [2.45, 2.75) is 13.5 Å². The number of thioether (sulfide) groups is 1. The maximum atomic E-state index is 3.99. The largest absolute Gasteiger partial charge is 0.316 e. The Balaban J connectivity index is 3.00. The van der Waals surface area contributed by atoms with E-state index in [9.17, 15) is 0 Å². The lowest BCUT2D eigenvalue weighted by molar-refractivity contribution is 0.818. The van der Waals surface area contributed by atoms with E-state index in [0.29, 0.717) is 0 Å². The second kappa shape index (κ2) is 6.51. The maximum Gasteiger partial charge on any atom is 0.0506 e. The molecule has 0 aliphatic carbocycles. The van der Waals surface area contributed by atoms with Crippen LogP contribution in [0.4, 0.5) is 0 Å². The van der Waals surface area contributed by atoms with E-state index in [0.717, 1.165) is 12.2 Å². The summed E-state index contributed by atoms with van der Waals surface area (Å²) in [6.07, 6.45) is 2.06. The van der Waals surface area contributed by atoms with Crippen molar-refractivity contribution in [2.24, 2.45) is 4.99 Å². The molecule has 0 spiro atoms. The SMILES string of the molecule is C=N/C(C)=C(\SC)c1ccc(CNC)cc1. The number of nitrogens with one attached hydrogen (secondary N) is 1. The minimum atomic E-state index is 0.900. The lowest BCUT2D eigenvalue weighted by atomic mass is 10.1. The summed E-state index contributed by atoms with van der Waals surface area (Å²) in [6.45, 7) is 6.46. The van der Waals surface area contributed by atoms with Gasteiger partial charge in [-0.15, -0.1) is 11.8 Å². The van der Waals surface area contributed by atoms with E-state index in [1.165, 1.54) is 16.0 Å². The summed E-state index contributed by atoms with van der Waals surface area (Å²) in [6, 6.07) is 8.54. The number of benzene rings is 1. The number of aliphatic imine (C=N–C) groups is 1. The van der Waals surface area contributed by atoms with Gasteiger partial charge in [0.2, 0.25) is 0 Å². The molecule has 0 heterocycles. The minimum Gasteiger partial charge on any atom is -0.316 e. The highest BCUT2D eigenvalue weighted by Crippen LogP contribution is 2.29. The van der Waals surface area contributed by atoms with E-state index in [1.807, 2.05) is 14.0 Å². The Morgan fingerprint density at radius 3 is 2.44 bits per heavy atom. The van der Waals surface area contributed by atoms with Gasteiger partial charge in [0.05, 0.1) is 5.70 Å². The van der Waals surface area contributed by atoms with Gasteiger partial charge in [-0.3, -0.25) is 4.99 Å². The predicted octanol–water partition coefficient (Wildman–Crippen LogP) is 3.16. The summed E-state index contributed by atoms with van der Waals surface area (Å²) in [5, 5.41) is 3.13. The van der Waals surface area contributed by atoms with Crippen LogP contribution in [0.1, 0.15) is 18.1 Å². The van der Waals surface area contributed by atoms with Gasteiger partial charge in [-0.25, -0.2) is 0 Å². The molecule has 1 aromatic rings. The van der Waals surface area contributed by atoms with Crippen molar-refractivity contribution < 1.29 is 0 Å². The fourth-order valence-corrected chi connectivity index (χ4v) is 2.26. The fourth-order valence-electron chi connectivity index (χ4n) is 1.52. The van der Waals surface area contributed by atoms with Crippen LogP contribution in [0.15, 0.2) is 35.0 Å². The molecule has 0 bridgehead atoms. The summed E-state index contributed by atoms with van der Waals surface area (Å²) < 4.78 is 0. The van der Waals surface area contributed by atoms with Crippen LogP contribution >= 0.6 is 11.8 Å². The van der Waals surface area contributed by atoms with Crippen LogP contribution in [-0.4, -0.2) is 20.0 Å². The second-order valence-corrected chi connectivity index (χ2v) is 4.32. The molecule has 0 aliphatic heterocycles. The molecule has 86 valence electrons. The van der Waals surface area contributed by atoms with Gasteiger partial charge in [0.25, 0.3) is 0 Å². The van der Waals surface area contributed by atoms with Gasteiger partial charge in [-0.2, -0.15) is 0 Å². The maximum absolute atomic E-state index is 3.99. The van der Waals surface area contributed by atoms with Crippen molar-refractivity contribution in [2.75, 3.05) is 13.3 Å². The van der Waals surface area contributed by atoms with Crippen molar-refractivity contribution >= 4 is 23.4 Å². The summed E-state index contributed by atoms with van der Waals surface area (Å²) in [4.78, 5) is 5.18. The van der Waals surface area contributed by atoms with Gasteiger partial charge in [0, 0.05) is 11.4 Å². The highest BCUT2D eigenvalue weighted by atomic mass is 32.2. The number of hydrogen-bond acceptors (Lipinski definition) is 3. The van der Waals surface area contributed by atoms with Crippen LogP contribution in [0.25, 0.3) is 4.91 Å². The first kappa shape index (κ1) is 13.0. The molecule has 16 heavy (non-hydrogen) atoms. The highest BCUT2D eigenvalue weighted by Gasteiger charge is 2.03. The van der Waals surface area contributed by atoms with Crippen LogP contribution in [0.3, 0.4) is 0 Å². The molecule has 0 unspecified atom stereocenters. The van der Waals surface area contributed by atoms with Crippen LogP contribution < -0.4 is 5.32 Å². The average molecular weight is 234 g/mol. The molecule has 0 atom stereocenters. The Bertz CT molecular complexity index is 379. The summed E-state index contributed by atoms with van der Waals surface area (Å²) >= 11 is 1.71. The van der Waals surface area contributed by atoms with Gasteiger partial charge in [0.1, 0.15) is 0 Å². The van der Waals surface area contributed by atoms with Crippen LogP contribution in [0, 0.1) is 0 Å². The molecule has 2 nitrogen and oxygen atoms in total. The van der Waals surface area contributed by atoms with Crippen molar-refractivity contribution in [1.82, 2.24) is 5.32 Å². The van der Waals surface area contributed by atoms with Crippen LogP contribution in [0.2, 0.25) is 0 Å². The van der Waals surface area contributed by atoms with E-state index in [4.69, 9.17) is 0 Å². The average Bonchev–Trinajstić information content (AvgIpc) is 2.32. The van der Waals surface area contributed by atoms with E-state index in [-0.39, 0.29) is 0 Å². The second-order valence-electron chi connectivity index (χ2n) is 3.50. The molecule has 0 amide bonds. The monoisotopic (exact) mass is 234 g/mol. The van der Waals surface area contributed by atoms with Crippen molar-refractivity contribution in [3.63, 3.8) is 0 Å². The molecule has 0 radical (unpaired) electrons. The van der Waals surface area contributed by atoms with Crippen molar-refractivity contribution in [3.8, 4) is 0 Å². The van der Waals surface area contributed by atoms with Gasteiger partial charge in [-0.05, 0) is 38.1 Å². The zero-order chi connectivity index (χ0) is 12.0. The Morgan fingerprint density at radius 1 is 1.38 bits per heavy atom. The molecular weight excluding hydrogens is 216 g/mol. The number of rotatable bonds is 5. The minimum absolute atomic E-state index is 0.900. The standard InChI is InChI=1S/C13H18N2S/c1-10(15-3)13(16-4)12-7-5-11(6-8-12)9-14-2/h5-8,14H,3,9H2,1-2,4H3/b13-10-. The summed E-state index contributed by atoms with van der Waals surface area (Å²) in [5.41, 5.74) is 3.47. The molecule has 0 aliphatic rings. The molecule has 0 saturated carbocycles. The van der Waals surface area contributed by atoms with E-state index < -0.39 is 0 Å². The third-order valence-corrected chi connectivity index (χ3v) is 3.31. The summed E-state index contributed by atoms with van der Waals surface area (Å²) in [5.74, 6) is 0. The van der Waals surface area contributed by atoms with Gasteiger partial charge in [-0.1, -0.05) is 24.3 Å². The normalized spacial score (nSPS) is 12.2. The van der Waals surface area contributed by atoms with E-state index in [2.05, 4.69) is 47.5 Å². The molecular formula is C13H18N2S. The van der Waals surface area contributed by atoms with Gasteiger partial charge in [0.15, 0.2) is 0 Å². The first-order valence-electron chi connectivity index (χ1n) is 5.18. The topological polar surface area (TPSA) is 24.4 Å². The molecule has 3 heteroatoms. The van der Waals surface area contributed by atoms with Crippen LogP contribution in [0.5, 0.6) is 0 Å². The lowest BCUT2D eigenvalue weighted by Crippen LogP contribution is -2.04. The predicted molar refractivity (Wildman–Crippen MR) is 74.9 cm³/mol. The molecule has 1 N–H and O–H groups in total. The molecule has 1 rings (SSSR count). The van der Waals surface area contributed by atoms with Crippen LogP contribution in [-0.2, 0) is 6.54 Å². The van der Waals surface area contributed by atoms with E-state index in [1.54, 1.807) is 11.8 Å². The van der Waals surface area contributed by atoms with E-state index >= 15 is 0 Å². The Kier molecular flexibility index (Phi) is 5.29. The molecule has 0 aromatic heterocycles. The molecule has 1 aromatic carbocycles. The lowest BCUT2D eigenvalue weighted by Gasteiger charge is -2.08. The molecule has 0 saturated heterocycles. The number of hydrogen-bond donors (Lipinski definition) is 1. The van der Waals surface area contributed by atoms with Gasteiger partial charge < -0.3 is 5.32 Å². The Labute approximate surface area is 102 Å². The Hall–Kier alpha value is -1.06. The smallest absolute Gasteiger partial charge is 0.0506 e. The third kappa shape index (κ3) is 3.22. The highest BCUT2D eigenvalue weighted by molar-refractivity contribution is 8.07. The van der Waals surface area contributed by atoms with Gasteiger partial charge >= 0.3 is 0 Å². The quantitative estimate of drug-likeness (QED) is 0.791. The zero-order valence-corrected chi connectivity index (χ0v) is 10.9. The number of nitrogens with zero attached hydrogens (tertiary/aromatic N) is 1. The third-order valence-electron chi connectivity index (χ3n) is 2.37. The first-order valence-corrected chi connectivity index (χ1v) is 6.41. The first-order chi connectivity index (χ1) is 7.72.